The lowest BCUT2D eigenvalue weighted by atomic mass is 10.3. The maximum atomic E-state index is 9.20. The molecule has 4 nitrogen and oxygen atoms in total. The van der Waals surface area contributed by atoms with Gasteiger partial charge in [0.15, 0.2) is 0 Å². The number of aliphatic hydroxyl groups excluding tert-OH is 1. The standard InChI is InChI=1S/C16H33N3O/c20-16-15-19(13-5-11-17-7-1-2-8-17)14-6-12-18-9-3-4-10-18/h20H,1-16H2. The molecule has 2 saturated heterocycles. The Kier molecular flexibility index (Phi) is 7.88. The van der Waals surface area contributed by atoms with Gasteiger partial charge < -0.3 is 19.8 Å². The SMILES string of the molecule is OCCN(CCCN1CCCC1)CCCN1CCCC1. The van der Waals surface area contributed by atoms with Crippen LogP contribution in [0.2, 0.25) is 0 Å². The molecule has 2 aliphatic rings. The van der Waals surface area contributed by atoms with Crippen LogP contribution in [0.15, 0.2) is 0 Å². The van der Waals surface area contributed by atoms with Crippen LogP contribution in [0.5, 0.6) is 0 Å². The van der Waals surface area contributed by atoms with Gasteiger partial charge in [0, 0.05) is 6.54 Å². The first-order chi connectivity index (χ1) is 9.88. The highest BCUT2D eigenvalue weighted by atomic mass is 16.3. The van der Waals surface area contributed by atoms with E-state index >= 15 is 0 Å². The predicted molar refractivity (Wildman–Crippen MR) is 84.1 cm³/mol. The molecule has 0 aromatic carbocycles. The molecule has 0 aromatic rings. The lowest BCUT2D eigenvalue weighted by molar-refractivity contribution is 0.179. The van der Waals surface area contributed by atoms with Crippen molar-refractivity contribution in [2.24, 2.45) is 0 Å². The summed E-state index contributed by atoms with van der Waals surface area (Å²) < 4.78 is 0. The molecule has 2 aliphatic heterocycles. The fourth-order valence-corrected chi connectivity index (χ4v) is 3.53. The Morgan fingerprint density at radius 3 is 1.55 bits per heavy atom. The smallest absolute Gasteiger partial charge is 0.0558 e. The molecule has 2 fully saturated rings. The number of hydrogen-bond donors (Lipinski definition) is 1. The summed E-state index contributed by atoms with van der Waals surface area (Å²) in [4.78, 5) is 7.62. The zero-order valence-electron chi connectivity index (χ0n) is 13.1. The predicted octanol–water partition coefficient (Wildman–Crippen LogP) is 1.25. The maximum Gasteiger partial charge on any atom is 0.0558 e. The van der Waals surface area contributed by atoms with Crippen molar-refractivity contribution in [3.8, 4) is 0 Å². The molecule has 2 rings (SSSR count). The summed E-state index contributed by atoms with van der Waals surface area (Å²) >= 11 is 0. The second kappa shape index (κ2) is 9.72. The molecule has 0 unspecified atom stereocenters. The second-order valence-electron chi connectivity index (χ2n) is 6.37. The van der Waals surface area contributed by atoms with Gasteiger partial charge in [-0.25, -0.2) is 0 Å². The van der Waals surface area contributed by atoms with Crippen molar-refractivity contribution in [1.82, 2.24) is 14.7 Å². The van der Waals surface area contributed by atoms with Crippen molar-refractivity contribution in [3.63, 3.8) is 0 Å². The van der Waals surface area contributed by atoms with Crippen LogP contribution in [0.3, 0.4) is 0 Å². The lowest BCUT2D eigenvalue weighted by Gasteiger charge is -2.24. The van der Waals surface area contributed by atoms with Crippen LogP contribution < -0.4 is 0 Å². The quantitative estimate of drug-likeness (QED) is 0.654. The molecule has 0 atom stereocenters. The monoisotopic (exact) mass is 283 g/mol. The van der Waals surface area contributed by atoms with Gasteiger partial charge in [0.25, 0.3) is 0 Å². The summed E-state index contributed by atoms with van der Waals surface area (Å²) in [6.07, 6.45) is 8.05. The lowest BCUT2D eigenvalue weighted by Crippen LogP contribution is -2.33. The van der Waals surface area contributed by atoms with E-state index in [1.807, 2.05) is 0 Å². The minimum absolute atomic E-state index is 0.299. The third kappa shape index (κ3) is 6.08. The first-order valence-electron chi connectivity index (χ1n) is 8.66. The Balaban J connectivity index is 1.53. The van der Waals surface area contributed by atoms with Crippen molar-refractivity contribution in [1.29, 1.82) is 0 Å². The van der Waals surface area contributed by atoms with E-state index in [9.17, 15) is 5.11 Å². The second-order valence-corrected chi connectivity index (χ2v) is 6.37. The van der Waals surface area contributed by atoms with Gasteiger partial charge in [0.05, 0.1) is 6.61 Å². The Morgan fingerprint density at radius 2 is 1.15 bits per heavy atom. The van der Waals surface area contributed by atoms with Gasteiger partial charge in [0.2, 0.25) is 0 Å². The molecule has 0 aliphatic carbocycles. The van der Waals surface area contributed by atoms with E-state index in [1.54, 1.807) is 0 Å². The van der Waals surface area contributed by atoms with E-state index in [0.717, 1.165) is 19.6 Å². The minimum Gasteiger partial charge on any atom is -0.395 e. The largest absolute Gasteiger partial charge is 0.395 e. The molecule has 118 valence electrons. The van der Waals surface area contributed by atoms with Crippen molar-refractivity contribution < 1.29 is 5.11 Å². The van der Waals surface area contributed by atoms with Crippen LogP contribution in [0.1, 0.15) is 38.5 Å². The van der Waals surface area contributed by atoms with E-state index < -0.39 is 0 Å². The summed E-state index contributed by atoms with van der Waals surface area (Å²) in [5.41, 5.74) is 0. The molecule has 0 saturated carbocycles. The Labute approximate surface area is 124 Å². The van der Waals surface area contributed by atoms with Gasteiger partial charge in [-0.1, -0.05) is 0 Å². The molecule has 0 amide bonds. The summed E-state index contributed by atoms with van der Waals surface area (Å²) in [6, 6.07) is 0. The van der Waals surface area contributed by atoms with E-state index in [1.165, 1.54) is 77.8 Å². The van der Waals surface area contributed by atoms with E-state index in [4.69, 9.17) is 0 Å². The molecular weight excluding hydrogens is 250 g/mol. The molecule has 2 heterocycles. The van der Waals surface area contributed by atoms with Gasteiger partial charge in [0.1, 0.15) is 0 Å². The molecule has 4 heteroatoms. The van der Waals surface area contributed by atoms with E-state index in [2.05, 4.69) is 14.7 Å². The normalized spacial score (nSPS) is 21.3. The van der Waals surface area contributed by atoms with Crippen molar-refractivity contribution >= 4 is 0 Å². The molecule has 20 heavy (non-hydrogen) atoms. The van der Waals surface area contributed by atoms with Crippen molar-refractivity contribution in [2.75, 3.05) is 65.5 Å². The van der Waals surface area contributed by atoms with Crippen LogP contribution in [0, 0.1) is 0 Å². The summed E-state index contributed by atoms with van der Waals surface area (Å²) in [7, 11) is 0. The van der Waals surface area contributed by atoms with Crippen LogP contribution in [0.25, 0.3) is 0 Å². The van der Waals surface area contributed by atoms with Gasteiger partial charge >= 0.3 is 0 Å². The van der Waals surface area contributed by atoms with Gasteiger partial charge in [-0.2, -0.15) is 0 Å². The van der Waals surface area contributed by atoms with Crippen molar-refractivity contribution in [3.05, 3.63) is 0 Å². The minimum atomic E-state index is 0.299. The number of aliphatic hydroxyl groups is 1. The van der Waals surface area contributed by atoms with E-state index in [0.29, 0.717) is 6.61 Å². The third-order valence-corrected chi connectivity index (χ3v) is 4.71. The third-order valence-electron chi connectivity index (χ3n) is 4.71. The van der Waals surface area contributed by atoms with Gasteiger partial charge in [-0.3, -0.25) is 0 Å². The average Bonchev–Trinajstić information content (AvgIpc) is 3.11. The van der Waals surface area contributed by atoms with Gasteiger partial charge in [-0.05, 0) is 90.9 Å². The van der Waals surface area contributed by atoms with Crippen LogP contribution >= 0.6 is 0 Å². The fourth-order valence-electron chi connectivity index (χ4n) is 3.53. The summed E-state index contributed by atoms with van der Waals surface area (Å²) in [6.45, 7) is 11.1. The first-order valence-corrected chi connectivity index (χ1v) is 8.66. The Morgan fingerprint density at radius 1 is 0.700 bits per heavy atom. The van der Waals surface area contributed by atoms with Crippen molar-refractivity contribution in [2.45, 2.75) is 38.5 Å². The molecule has 1 N–H and O–H groups in total. The molecular formula is C16H33N3O. The Bertz CT molecular complexity index is 216. The molecule has 0 bridgehead atoms. The Hall–Kier alpha value is -0.160. The van der Waals surface area contributed by atoms with Gasteiger partial charge in [-0.15, -0.1) is 0 Å². The zero-order valence-corrected chi connectivity index (χ0v) is 13.1. The summed E-state index contributed by atoms with van der Waals surface area (Å²) in [5.74, 6) is 0. The highest BCUT2D eigenvalue weighted by Crippen LogP contribution is 2.09. The van der Waals surface area contributed by atoms with Crippen LogP contribution in [0.4, 0.5) is 0 Å². The zero-order chi connectivity index (χ0) is 14.0. The highest BCUT2D eigenvalue weighted by molar-refractivity contribution is 4.69. The molecule has 0 spiro atoms. The topological polar surface area (TPSA) is 30.0 Å². The maximum absolute atomic E-state index is 9.20. The number of nitrogens with zero attached hydrogens (tertiary/aromatic N) is 3. The first kappa shape index (κ1) is 16.2. The van der Waals surface area contributed by atoms with Crippen LogP contribution in [-0.2, 0) is 0 Å². The number of rotatable bonds is 10. The highest BCUT2D eigenvalue weighted by Gasteiger charge is 2.13. The molecule has 0 aromatic heterocycles. The number of likely N-dealkylation sites (tertiary alicyclic amines) is 2. The molecule has 0 radical (unpaired) electrons. The summed E-state index contributed by atoms with van der Waals surface area (Å²) in [5, 5.41) is 9.20. The van der Waals surface area contributed by atoms with Crippen LogP contribution in [-0.4, -0.2) is 85.3 Å². The average molecular weight is 283 g/mol. The van der Waals surface area contributed by atoms with E-state index in [-0.39, 0.29) is 0 Å². The number of hydrogen-bond acceptors (Lipinski definition) is 4. The fraction of sp³-hybridized carbons (Fsp3) is 1.00.